The summed E-state index contributed by atoms with van der Waals surface area (Å²) in [5.74, 6) is 1.97. The molecule has 11 heteroatoms. The van der Waals surface area contributed by atoms with Gasteiger partial charge in [-0.2, -0.15) is 4.98 Å². The van der Waals surface area contributed by atoms with Gasteiger partial charge in [-0.15, -0.1) is 0 Å². The Morgan fingerprint density at radius 2 is 1.82 bits per heavy atom. The molecule has 0 unspecified atom stereocenters. The van der Waals surface area contributed by atoms with E-state index in [9.17, 15) is 9.59 Å². The zero-order valence-electron chi connectivity index (χ0n) is 19.7. The van der Waals surface area contributed by atoms with E-state index >= 15 is 0 Å². The highest BCUT2D eigenvalue weighted by molar-refractivity contribution is 6.29. The van der Waals surface area contributed by atoms with Gasteiger partial charge in [0.2, 0.25) is 17.7 Å². The van der Waals surface area contributed by atoms with E-state index in [2.05, 4.69) is 20.2 Å². The van der Waals surface area contributed by atoms with Crippen LogP contribution >= 0.6 is 11.6 Å². The van der Waals surface area contributed by atoms with E-state index in [1.165, 1.54) is 19.3 Å². The summed E-state index contributed by atoms with van der Waals surface area (Å²) in [5, 5.41) is 8.01. The Balaban J connectivity index is 1.15. The Morgan fingerprint density at radius 3 is 2.53 bits per heavy atom. The lowest BCUT2D eigenvalue weighted by molar-refractivity contribution is -0.133. The van der Waals surface area contributed by atoms with Crippen LogP contribution in [-0.4, -0.2) is 81.1 Å². The molecule has 1 aliphatic heterocycles. The number of carbonyl (C=O) groups is 2. The smallest absolute Gasteiger partial charge is 0.227 e. The lowest BCUT2D eigenvalue weighted by Crippen LogP contribution is -2.48. The lowest BCUT2D eigenvalue weighted by atomic mass is 9.94. The molecule has 34 heavy (non-hydrogen) atoms. The number of halogens is 1. The maximum Gasteiger partial charge on any atom is 0.227 e. The first kappa shape index (κ1) is 24.7. The second-order valence-electron chi connectivity index (χ2n) is 9.17. The number of rotatable bonds is 9. The van der Waals surface area contributed by atoms with Crippen molar-refractivity contribution in [3.8, 4) is 0 Å². The Kier molecular flexibility index (Phi) is 8.55. The molecular formula is C23H33ClN6O4. The largest absolute Gasteiger partial charge is 0.360 e. The first-order chi connectivity index (χ1) is 16.5. The summed E-state index contributed by atoms with van der Waals surface area (Å²) >= 11 is 5.74. The molecule has 0 N–H and O–H groups in total. The predicted octanol–water partition coefficient (Wildman–Crippen LogP) is 2.71. The summed E-state index contributed by atoms with van der Waals surface area (Å²) in [7, 11) is 1.91. The molecule has 1 aliphatic carbocycles. The van der Waals surface area contributed by atoms with Crippen molar-refractivity contribution in [1.29, 1.82) is 0 Å². The minimum atomic E-state index is 0.0943. The fraction of sp³-hybridized carbons (Fsp3) is 0.696. The molecule has 2 fully saturated rings. The van der Waals surface area contributed by atoms with Gasteiger partial charge in [0.1, 0.15) is 5.76 Å². The van der Waals surface area contributed by atoms with Gasteiger partial charge in [0.25, 0.3) is 0 Å². The Hall–Kier alpha value is -2.46. The number of carbonyl (C=O) groups excluding carboxylic acids is 2. The lowest BCUT2D eigenvalue weighted by Gasteiger charge is -2.34. The molecule has 1 saturated carbocycles. The molecular weight excluding hydrogens is 460 g/mol. The number of nitrogens with zero attached hydrogens (tertiary/aromatic N) is 6. The minimum absolute atomic E-state index is 0.0943. The number of amides is 2. The molecule has 0 aromatic carbocycles. The second kappa shape index (κ2) is 11.8. The van der Waals surface area contributed by atoms with E-state index in [0.29, 0.717) is 74.0 Å². The first-order valence-corrected chi connectivity index (χ1v) is 12.5. The van der Waals surface area contributed by atoms with Crippen LogP contribution in [0, 0.1) is 0 Å². The van der Waals surface area contributed by atoms with Crippen LogP contribution < -0.4 is 0 Å². The quantitative estimate of drug-likeness (QED) is 0.525. The summed E-state index contributed by atoms with van der Waals surface area (Å²) in [6, 6.07) is 2.00. The van der Waals surface area contributed by atoms with Crippen LogP contribution in [0.1, 0.15) is 62.4 Å². The molecule has 10 nitrogen and oxygen atoms in total. The van der Waals surface area contributed by atoms with Crippen LogP contribution in [-0.2, 0) is 29.0 Å². The normalized spacial score (nSPS) is 17.8. The molecule has 0 atom stereocenters. The van der Waals surface area contributed by atoms with Crippen LogP contribution in [0.2, 0.25) is 5.15 Å². The van der Waals surface area contributed by atoms with Crippen LogP contribution in [0.3, 0.4) is 0 Å². The molecule has 3 heterocycles. The number of hydrogen-bond acceptors (Lipinski definition) is 8. The van der Waals surface area contributed by atoms with Gasteiger partial charge >= 0.3 is 0 Å². The van der Waals surface area contributed by atoms with E-state index in [1.807, 2.05) is 16.8 Å². The van der Waals surface area contributed by atoms with Crippen molar-refractivity contribution < 1.29 is 18.6 Å². The highest BCUT2D eigenvalue weighted by Crippen LogP contribution is 2.22. The molecule has 4 rings (SSSR count). The van der Waals surface area contributed by atoms with Gasteiger partial charge in [-0.05, 0) is 12.8 Å². The van der Waals surface area contributed by atoms with Crippen molar-refractivity contribution in [2.24, 2.45) is 0 Å². The maximum absolute atomic E-state index is 12.5. The predicted molar refractivity (Wildman–Crippen MR) is 124 cm³/mol. The molecule has 2 aromatic heterocycles. The highest BCUT2D eigenvalue weighted by Gasteiger charge is 2.24. The minimum Gasteiger partial charge on any atom is -0.360 e. The van der Waals surface area contributed by atoms with Gasteiger partial charge in [0, 0.05) is 71.0 Å². The zero-order valence-corrected chi connectivity index (χ0v) is 20.5. The van der Waals surface area contributed by atoms with Gasteiger partial charge in [0.05, 0.1) is 6.54 Å². The van der Waals surface area contributed by atoms with E-state index in [1.54, 1.807) is 6.07 Å². The van der Waals surface area contributed by atoms with Crippen LogP contribution in [0.4, 0.5) is 0 Å². The van der Waals surface area contributed by atoms with E-state index in [-0.39, 0.29) is 11.8 Å². The number of aromatic nitrogens is 3. The second-order valence-corrected chi connectivity index (χ2v) is 9.56. The number of aryl methyl sites for hydroxylation is 2. The molecule has 1 saturated heterocycles. The summed E-state index contributed by atoms with van der Waals surface area (Å²) in [6.45, 7) is 3.37. The fourth-order valence-electron chi connectivity index (χ4n) is 4.67. The monoisotopic (exact) mass is 492 g/mol. The average Bonchev–Trinajstić information content (AvgIpc) is 3.50. The van der Waals surface area contributed by atoms with E-state index in [4.69, 9.17) is 20.6 Å². The molecule has 0 bridgehead atoms. The molecule has 0 spiro atoms. The Bertz CT molecular complexity index is 949. The Morgan fingerprint density at radius 1 is 1.06 bits per heavy atom. The standard InChI is InChI=1S/C23H33ClN6O4/c1-28(17-5-3-2-4-6-17)22(31)10-8-21-25-20(27-34-21)16-29-11-13-30(14-12-29)23(32)9-7-18-15-19(24)26-33-18/h15,17H,2-14,16H2,1H3. The Labute approximate surface area is 204 Å². The van der Waals surface area contributed by atoms with Crippen molar-refractivity contribution in [2.45, 2.75) is 70.4 Å². The first-order valence-electron chi connectivity index (χ1n) is 12.2. The third-order valence-corrected chi connectivity index (χ3v) is 6.96. The summed E-state index contributed by atoms with van der Waals surface area (Å²) in [4.78, 5) is 35.4. The zero-order chi connectivity index (χ0) is 23.9. The third-order valence-electron chi connectivity index (χ3n) is 6.78. The summed E-state index contributed by atoms with van der Waals surface area (Å²) < 4.78 is 10.4. The van der Waals surface area contributed by atoms with Crippen molar-refractivity contribution in [3.63, 3.8) is 0 Å². The number of hydrogen-bond donors (Lipinski definition) is 0. The van der Waals surface area contributed by atoms with Crippen LogP contribution in [0.5, 0.6) is 0 Å². The molecule has 2 amide bonds. The average molecular weight is 493 g/mol. The SMILES string of the molecule is CN(C(=O)CCc1nc(CN2CCN(C(=O)CCc3cc(Cl)no3)CC2)no1)C1CCCCC1. The fourth-order valence-corrected chi connectivity index (χ4v) is 4.82. The summed E-state index contributed by atoms with van der Waals surface area (Å²) in [6.07, 6.45) is 7.58. The van der Waals surface area contributed by atoms with Gasteiger partial charge in [-0.1, -0.05) is 41.2 Å². The molecule has 0 radical (unpaired) electrons. The number of piperazine rings is 1. The van der Waals surface area contributed by atoms with Gasteiger partial charge in [-0.3, -0.25) is 14.5 Å². The topological polar surface area (TPSA) is 109 Å². The van der Waals surface area contributed by atoms with Crippen molar-refractivity contribution >= 4 is 23.4 Å². The van der Waals surface area contributed by atoms with E-state index in [0.717, 1.165) is 25.9 Å². The van der Waals surface area contributed by atoms with Gasteiger partial charge < -0.3 is 18.8 Å². The molecule has 2 aromatic rings. The summed E-state index contributed by atoms with van der Waals surface area (Å²) in [5.41, 5.74) is 0. The van der Waals surface area contributed by atoms with Gasteiger partial charge in [-0.25, -0.2) is 0 Å². The maximum atomic E-state index is 12.5. The third kappa shape index (κ3) is 6.79. The van der Waals surface area contributed by atoms with Crippen molar-refractivity contribution in [2.75, 3.05) is 33.2 Å². The van der Waals surface area contributed by atoms with E-state index < -0.39 is 0 Å². The van der Waals surface area contributed by atoms with Crippen LogP contribution in [0.15, 0.2) is 15.1 Å². The van der Waals surface area contributed by atoms with Gasteiger partial charge in [0.15, 0.2) is 11.0 Å². The van der Waals surface area contributed by atoms with Crippen molar-refractivity contribution in [3.05, 3.63) is 28.7 Å². The molecule has 186 valence electrons. The molecule has 2 aliphatic rings. The highest BCUT2D eigenvalue weighted by atomic mass is 35.5. The van der Waals surface area contributed by atoms with Crippen molar-refractivity contribution in [1.82, 2.24) is 30.0 Å². The van der Waals surface area contributed by atoms with Crippen LogP contribution in [0.25, 0.3) is 0 Å².